The van der Waals surface area contributed by atoms with E-state index in [1.807, 2.05) is 26.8 Å². The molecule has 4 amide bonds. The molecule has 6 rings (SSSR count). The molecule has 18 heteroatoms. The molecule has 1 aromatic heterocycles. The third-order valence-corrected chi connectivity index (χ3v) is 14.0. The number of fused-ring (bicyclic) bond motifs is 3. The molecule has 2 aromatic rings. The fraction of sp³-hybridized carbons (Fsp3) is 0.667. The van der Waals surface area contributed by atoms with Crippen LogP contribution in [0.5, 0.6) is 11.6 Å². The molecule has 0 bridgehead atoms. The molecular formula is C42H59FN6O10S. The Kier molecular flexibility index (Phi) is 13.1. The first-order valence-electron chi connectivity index (χ1n) is 20.7. The summed E-state index contributed by atoms with van der Waals surface area (Å²) in [6.07, 6.45) is 3.95. The standard InChI is InChI=1S/C42H59FN6O10S/c1-24(2)33-36(45-31-18-28(57-8)13-14-30(31)44-33)58-29-19-32-35(50)47-42(38(52)48-60(54,55)41(23-43)15-16-41)20-27(42)12-10-9-11-25(3)17-26(22-56-7)34(37(51)49(32)21-29)46-39(53)59-40(4,5)6/h10,12-14,18,24-27,29,32,34H,9,11,15-17,19-23H2,1-8H3,(H,46,53)(H,47,50)(H,48,52)/b12-10-/t25-,26-,27+,29+,32-,34-,42+/m0/s1. The summed E-state index contributed by atoms with van der Waals surface area (Å²) in [7, 11) is -1.36. The van der Waals surface area contributed by atoms with E-state index in [0.717, 1.165) is 0 Å². The van der Waals surface area contributed by atoms with E-state index in [9.17, 15) is 27.2 Å². The Morgan fingerprint density at radius 3 is 2.47 bits per heavy atom. The molecule has 1 aromatic carbocycles. The molecule has 0 unspecified atom stereocenters. The molecule has 1 saturated heterocycles. The number of alkyl carbamates (subject to hydrolysis) is 1. The van der Waals surface area contributed by atoms with Gasteiger partial charge in [-0.2, -0.15) is 0 Å². The molecule has 4 aliphatic rings. The van der Waals surface area contributed by atoms with Crippen LogP contribution >= 0.6 is 0 Å². The molecule has 2 aliphatic carbocycles. The number of halogens is 1. The molecule has 0 spiro atoms. The zero-order valence-corrected chi connectivity index (χ0v) is 36.5. The summed E-state index contributed by atoms with van der Waals surface area (Å²) in [5.74, 6) is -2.74. The Morgan fingerprint density at radius 2 is 1.83 bits per heavy atom. The zero-order valence-electron chi connectivity index (χ0n) is 35.7. The van der Waals surface area contributed by atoms with Crippen LogP contribution in [0.25, 0.3) is 11.0 Å². The summed E-state index contributed by atoms with van der Waals surface area (Å²) in [5.41, 5.74) is -0.896. The van der Waals surface area contributed by atoms with Gasteiger partial charge < -0.3 is 34.5 Å². The number of amides is 4. The van der Waals surface area contributed by atoms with E-state index in [-0.39, 0.29) is 56.6 Å². The molecule has 16 nitrogen and oxygen atoms in total. The number of allylic oxidation sites excluding steroid dienone is 1. The van der Waals surface area contributed by atoms with Gasteiger partial charge in [-0.25, -0.2) is 27.6 Å². The Morgan fingerprint density at radius 1 is 1.10 bits per heavy atom. The number of rotatable bonds is 11. The second kappa shape index (κ2) is 17.4. The Balaban J connectivity index is 1.39. The second-order valence-corrected chi connectivity index (χ2v) is 20.2. The van der Waals surface area contributed by atoms with Crippen LogP contribution in [-0.2, 0) is 33.9 Å². The summed E-state index contributed by atoms with van der Waals surface area (Å²) in [5, 5.41) is 5.63. The molecule has 2 aliphatic heterocycles. The maximum atomic E-state index is 15.1. The first kappa shape index (κ1) is 45.0. The first-order chi connectivity index (χ1) is 28.2. The lowest BCUT2D eigenvalue weighted by atomic mass is 9.87. The van der Waals surface area contributed by atoms with Crippen LogP contribution in [-0.4, -0.2) is 115 Å². The minimum Gasteiger partial charge on any atom is -0.497 e. The second-order valence-electron chi connectivity index (χ2n) is 18.1. The van der Waals surface area contributed by atoms with Gasteiger partial charge in [-0.15, -0.1) is 0 Å². The lowest BCUT2D eigenvalue weighted by Crippen LogP contribution is -2.60. The van der Waals surface area contributed by atoms with Gasteiger partial charge >= 0.3 is 6.09 Å². The Labute approximate surface area is 351 Å². The monoisotopic (exact) mass is 858 g/mol. The average molecular weight is 859 g/mol. The lowest BCUT2D eigenvalue weighted by Gasteiger charge is -2.34. The molecule has 3 fully saturated rings. The lowest BCUT2D eigenvalue weighted by molar-refractivity contribution is -0.142. The van der Waals surface area contributed by atoms with Crippen LogP contribution in [0.2, 0.25) is 0 Å². The van der Waals surface area contributed by atoms with Gasteiger partial charge in [0.25, 0.3) is 5.91 Å². The van der Waals surface area contributed by atoms with E-state index in [1.54, 1.807) is 52.2 Å². The van der Waals surface area contributed by atoms with Gasteiger partial charge in [0.2, 0.25) is 27.7 Å². The molecule has 0 radical (unpaired) electrons. The number of nitrogens with zero attached hydrogens (tertiary/aromatic N) is 3. The van der Waals surface area contributed by atoms with Gasteiger partial charge in [0.1, 0.15) is 52.2 Å². The number of alkyl halides is 1. The van der Waals surface area contributed by atoms with Gasteiger partial charge in [-0.1, -0.05) is 32.9 Å². The molecular weight excluding hydrogens is 800 g/mol. The van der Waals surface area contributed by atoms with Crippen LogP contribution in [0.1, 0.15) is 98.1 Å². The number of aromatic nitrogens is 2. The molecule has 60 heavy (non-hydrogen) atoms. The van der Waals surface area contributed by atoms with E-state index in [0.29, 0.717) is 41.7 Å². The maximum Gasteiger partial charge on any atom is 0.408 e. The summed E-state index contributed by atoms with van der Waals surface area (Å²) >= 11 is 0. The van der Waals surface area contributed by atoms with Crippen LogP contribution in [0.15, 0.2) is 30.4 Å². The summed E-state index contributed by atoms with van der Waals surface area (Å²) < 4.78 is 64.1. The smallest absolute Gasteiger partial charge is 0.408 e. The number of ether oxygens (including phenoxy) is 4. The van der Waals surface area contributed by atoms with Crippen molar-refractivity contribution in [2.45, 2.75) is 126 Å². The molecule has 330 valence electrons. The highest BCUT2D eigenvalue weighted by atomic mass is 32.2. The maximum absolute atomic E-state index is 15.1. The van der Waals surface area contributed by atoms with Gasteiger partial charge in [-0.3, -0.25) is 19.1 Å². The van der Waals surface area contributed by atoms with Gasteiger partial charge in [-0.05, 0) is 77.3 Å². The average Bonchev–Trinajstić information content (AvgIpc) is 4.08. The van der Waals surface area contributed by atoms with Gasteiger partial charge in [0, 0.05) is 37.4 Å². The normalized spacial score (nSPS) is 28.7. The predicted octanol–water partition coefficient (Wildman–Crippen LogP) is 4.47. The van der Waals surface area contributed by atoms with Crippen LogP contribution in [0, 0.1) is 17.8 Å². The number of methoxy groups -OCH3 is 2. The number of hydrogen-bond donors (Lipinski definition) is 3. The van der Waals surface area contributed by atoms with Crippen molar-refractivity contribution >= 4 is 44.9 Å². The van der Waals surface area contributed by atoms with Crippen molar-refractivity contribution in [3.05, 3.63) is 36.0 Å². The molecule has 7 atom stereocenters. The van der Waals surface area contributed by atoms with E-state index in [2.05, 4.69) is 15.4 Å². The highest BCUT2D eigenvalue weighted by Crippen LogP contribution is 2.48. The van der Waals surface area contributed by atoms with E-state index in [4.69, 9.17) is 28.9 Å². The summed E-state index contributed by atoms with van der Waals surface area (Å²) in [4.78, 5) is 68.2. The van der Waals surface area contributed by atoms with Crippen molar-refractivity contribution in [1.29, 1.82) is 0 Å². The Hall–Kier alpha value is -4.58. The van der Waals surface area contributed by atoms with Crippen molar-refractivity contribution < 1.29 is 50.9 Å². The predicted molar refractivity (Wildman–Crippen MR) is 219 cm³/mol. The van der Waals surface area contributed by atoms with Crippen molar-refractivity contribution in [1.82, 2.24) is 30.2 Å². The van der Waals surface area contributed by atoms with E-state index < -0.39 is 86.4 Å². The largest absolute Gasteiger partial charge is 0.497 e. The third-order valence-electron chi connectivity index (χ3n) is 11.8. The topological polar surface area (TPSA) is 204 Å². The molecule has 2 saturated carbocycles. The number of carbonyl (C=O) groups excluding carboxylic acids is 4. The van der Waals surface area contributed by atoms with Crippen LogP contribution < -0.4 is 24.8 Å². The molecule has 3 heterocycles. The van der Waals surface area contributed by atoms with Crippen LogP contribution in [0.3, 0.4) is 0 Å². The summed E-state index contributed by atoms with van der Waals surface area (Å²) in [6, 6.07) is 2.84. The number of carbonyl (C=O) groups is 4. The van der Waals surface area contributed by atoms with Crippen LogP contribution in [0.4, 0.5) is 9.18 Å². The highest BCUT2D eigenvalue weighted by Gasteiger charge is 2.64. The quantitative estimate of drug-likeness (QED) is 0.268. The number of nitrogens with one attached hydrogen (secondary N) is 3. The highest BCUT2D eigenvalue weighted by molar-refractivity contribution is 7.91. The van der Waals surface area contributed by atoms with Crippen molar-refractivity contribution in [2.75, 3.05) is 34.0 Å². The number of benzene rings is 1. The van der Waals surface area contributed by atoms with Gasteiger partial charge in [0.05, 0.1) is 31.3 Å². The first-order valence-corrected chi connectivity index (χ1v) is 22.2. The fourth-order valence-electron chi connectivity index (χ4n) is 8.16. The third kappa shape index (κ3) is 9.64. The fourth-order valence-corrected chi connectivity index (χ4v) is 9.58. The zero-order chi connectivity index (χ0) is 43.8. The SMILES string of the molecule is COC[C@@H]1C[C@@H](C)CC/C=C\[C@@H]2C[C@@]2(C(=O)NS(=O)(=O)C2(CF)CC2)NC(=O)[C@@H]2C[C@@H](Oc3nc4cc(OC)ccc4nc3C(C)C)CN2C(=O)[C@H]1NC(=O)OC(C)(C)C. The summed E-state index contributed by atoms with van der Waals surface area (Å²) in [6.45, 7) is 9.86. The number of sulfonamides is 1. The minimum atomic E-state index is -4.41. The number of hydrogen-bond acceptors (Lipinski definition) is 12. The van der Waals surface area contributed by atoms with Crippen molar-refractivity contribution in [3.63, 3.8) is 0 Å². The minimum absolute atomic E-state index is 0.0354. The van der Waals surface area contributed by atoms with Crippen molar-refractivity contribution in [2.24, 2.45) is 17.8 Å². The van der Waals surface area contributed by atoms with E-state index in [1.165, 1.54) is 12.0 Å². The van der Waals surface area contributed by atoms with Crippen molar-refractivity contribution in [3.8, 4) is 11.6 Å². The van der Waals surface area contributed by atoms with E-state index >= 15 is 4.79 Å². The molecule has 3 N–H and O–H groups in total. The Bertz CT molecular complexity index is 2110. The van der Waals surface area contributed by atoms with Gasteiger partial charge in [0.15, 0.2) is 0 Å².